The van der Waals surface area contributed by atoms with Crippen molar-refractivity contribution in [1.29, 1.82) is 0 Å². The lowest BCUT2D eigenvalue weighted by atomic mass is 9.84. The molecule has 6 heteroatoms. The minimum Gasteiger partial charge on any atom is -0.480 e. The molecule has 0 spiro atoms. The third kappa shape index (κ3) is 6.75. The Morgan fingerprint density at radius 1 is 0.897 bits per heavy atom. The Hall–Kier alpha value is -3.93. The number of Topliss-reactive ketones (excluding diaryl/α,β-unsaturated/α-hetero) is 2. The van der Waals surface area contributed by atoms with Gasteiger partial charge in [-0.3, -0.25) is 9.59 Å². The molecule has 6 nitrogen and oxygen atoms in total. The van der Waals surface area contributed by atoms with Crippen LogP contribution >= 0.6 is 0 Å². The Labute approximate surface area is 230 Å². The van der Waals surface area contributed by atoms with Gasteiger partial charge < -0.3 is 14.4 Å². The number of amides is 1. The lowest BCUT2D eigenvalue weighted by Crippen LogP contribution is -2.36. The van der Waals surface area contributed by atoms with Crippen molar-refractivity contribution in [2.75, 3.05) is 13.1 Å². The number of hydrogen-bond acceptors (Lipinski definition) is 5. The maximum absolute atomic E-state index is 13.5. The van der Waals surface area contributed by atoms with E-state index in [1.807, 2.05) is 62.4 Å². The molecule has 1 saturated heterocycles. The van der Waals surface area contributed by atoms with Crippen LogP contribution in [0.15, 0.2) is 72.8 Å². The van der Waals surface area contributed by atoms with Crippen molar-refractivity contribution < 1.29 is 23.9 Å². The van der Waals surface area contributed by atoms with Gasteiger partial charge in [-0.1, -0.05) is 60.7 Å². The first-order valence-corrected chi connectivity index (χ1v) is 13.5. The molecule has 2 atom stereocenters. The van der Waals surface area contributed by atoms with E-state index in [1.54, 1.807) is 30.9 Å². The van der Waals surface area contributed by atoms with Gasteiger partial charge in [-0.25, -0.2) is 4.79 Å². The second-order valence-electron chi connectivity index (χ2n) is 10.9. The number of carbonyl (C=O) groups excluding carboxylic acids is 3. The molecule has 0 radical (unpaired) electrons. The Balaban J connectivity index is 1.50. The summed E-state index contributed by atoms with van der Waals surface area (Å²) in [6.45, 7) is 9.85. The molecule has 3 aromatic rings. The van der Waals surface area contributed by atoms with Crippen LogP contribution in [0.1, 0.15) is 54.2 Å². The van der Waals surface area contributed by atoms with E-state index in [0.29, 0.717) is 24.4 Å². The molecule has 3 aromatic carbocycles. The number of likely N-dealkylation sites (tertiary alicyclic amines) is 1. The summed E-state index contributed by atoms with van der Waals surface area (Å²) in [6.07, 6.45) is 1.06. The van der Waals surface area contributed by atoms with Crippen molar-refractivity contribution in [1.82, 2.24) is 4.90 Å². The summed E-state index contributed by atoms with van der Waals surface area (Å²) in [5.41, 5.74) is 2.83. The van der Waals surface area contributed by atoms with Crippen LogP contribution in [-0.2, 0) is 11.2 Å². The third-order valence-corrected chi connectivity index (χ3v) is 7.57. The number of rotatable bonds is 9. The lowest BCUT2D eigenvalue weighted by Gasteiger charge is -2.26. The number of carbonyl (C=O) groups is 3. The fourth-order valence-electron chi connectivity index (χ4n) is 5.10. The van der Waals surface area contributed by atoms with Crippen LogP contribution in [0.25, 0.3) is 0 Å². The van der Waals surface area contributed by atoms with Crippen LogP contribution in [0.5, 0.6) is 11.5 Å². The van der Waals surface area contributed by atoms with Crippen LogP contribution in [0, 0.1) is 25.7 Å². The number of hydrogen-bond donors (Lipinski definition) is 0. The summed E-state index contributed by atoms with van der Waals surface area (Å²) in [7, 11) is 0. The number of nitrogens with zero attached hydrogens (tertiary/aromatic N) is 1. The Bertz CT molecular complexity index is 1310. The third-order valence-electron chi connectivity index (χ3n) is 7.57. The molecule has 0 aromatic heterocycles. The molecule has 1 aliphatic rings. The van der Waals surface area contributed by atoms with E-state index in [2.05, 4.69) is 12.1 Å². The minimum atomic E-state index is -0.899. The van der Waals surface area contributed by atoms with Gasteiger partial charge in [0, 0.05) is 24.6 Å². The maximum atomic E-state index is 13.5. The average Bonchev–Trinajstić information content (AvgIpc) is 3.34. The SMILES string of the molecule is CC(=O)C(C)(C)Oc1c(C)cc(CC[C@@H]2CN(C(=O)Oc3ccccc3)C[C@H]2C(=O)c2ccccc2)cc1C. The standard InChI is InChI=1S/C33H37NO5/c1-22-18-25(19-23(2)31(22)39-33(4,5)24(3)35)16-17-27-20-34(32(37)38-28-14-10-7-11-15-28)21-29(27)30(36)26-12-8-6-9-13-26/h6-15,18-19,27,29H,16-17,20-21H2,1-5H3/t27-,29-/m1/s1. The second kappa shape index (κ2) is 11.9. The smallest absolute Gasteiger partial charge is 0.415 e. The highest BCUT2D eigenvalue weighted by molar-refractivity contribution is 5.98. The van der Waals surface area contributed by atoms with Gasteiger partial charge in [0.1, 0.15) is 11.5 Å². The summed E-state index contributed by atoms with van der Waals surface area (Å²) >= 11 is 0. The fourth-order valence-corrected chi connectivity index (χ4v) is 5.10. The molecule has 1 aliphatic heterocycles. The van der Waals surface area contributed by atoms with Crippen molar-refractivity contribution in [3.63, 3.8) is 0 Å². The topological polar surface area (TPSA) is 72.9 Å². The van der Waals surface area contributed by atoms with Crippen molar-refractivity contribution in [2.24, 2.45) is 11.8 Å². The highest BCUT2D eigenvalue weighted by Gasteiger charge is 2.40. The van der Waals surface area contributed by atoms with Gasteiger partial charge in [0.05, 0.1) is 0 Å². The summed E-state index contributed by atoms with van der Waals surface area (Å²) in [5, 5.41) is 0. The summed E-state index contributed by atoms with van der Waals surface area (Å²) in [5.74, 6) is 0.922. The monoisotopic (exact) mass is 527 g/mol. The number of aryl methyl sites for hydroxylation is 3. The Morgan fingerprint density at radius 3 is 2.08 bits per heavy atom. The highest BCUT2D eigenvalue weighted by Crippen LogP contribution is 2.33. The van der Waals surface area contributed by atoms with Gasteiger partial charge in [-0.15, -0.1) is 0 Å². The van der Waals surface area contributed by atoms with Crippen LogP contribution < -0.4 is 9.47 Å². The molecule has 0 bridgehead atoms. The Morgan fingerprint density at radius 2 is 1.49 bits per heavy atom. The molecule has 0 unspecified atom stereocenters. The first kappa shape index (κ1) is 28.1. The van der Waals surface area contributed by atoms with Crippen LogP contribution in [0.3, 0.4) is 0 Å². The van der Waals surface area contributed by atoms with E-state index in [4.69, 9.17) is 9.47 Å². The van der Waals surface area contributed by atoms with Gasteiger partial charge in [0.15, 0.2) is 17.2 Å². The normalized spacial score (nSPS) is 17.1. The van der Waals surface area contributed by atoms with E-state index >= 15 is 0 Å². The minimum absolute atomic E-state index is 0.00536. The quantitative estimate of drug-likeness (QED) is 0.293. The van der Waals surface area contributed by atoms with Gasteiger partial charge in [-0.05, 0) is 82.2 Å². The van der Waals surface area contributed by atoms with Crippen LogP contribution in [0.4, 0.5) is 4.79 Å². The molecule has 4 rings (SSSR count). The molecule has 1 fully saturated rings. The second-order valence-corrected chi connectivity index (χ2v) is 10.9. The largest absolute Gasteiger partial charge is 0.480 e. The maximum Gasteiger partial charge on any atom is 0.415 e. The summed E-state index contributed by atoms with van der Waals surface area (Å²) in [4.78, 5) is 40.1. The van der Waals surface area contributed by atoms with Crippen molar-refractivity contribution in [2.45, 2.75) is 53.1 Å². The molecular formula is C33H37NO5. The molecular weight excluding hydrogens is 490 g/mol. The van der Waals surface area contributed by atoms with Crippen molar-refractivity contribution in [3.05, 3.63) is 95.1 Å². The lowest BCUT2D eigenvalue weighted by molar-refractivity contribution is -0.129. The summed E-state index contributed by atoms with van der Waals surface area (Å²) in [6, 6.07) is 22.4. The highest BCUT2D eigenvalue weighted by atomic mass is 16.6. The fraction of sp³-hybridized carbons (Fsp3) is 0.364. The number of ether oxygens (including phenoxy) is 2. The van der Waals surface area contributed by atoms with E-state index in [1.165, 1.54) is 6.92 Å². The zero-order chi connectivity index (χ0) is 28.2. The number of ketones is 2. The number of benzene rings is 3. The average molecular weight is 528 g/mol. The first-order valence-electron chi connectivity index (χ1n) is 13.5. The zero-order valence-corrected chi connectivity index (χ0v) is 23.4. The zero-order valence-electron chi connectivity index (χ0n) is 23.4. The van der Waals surface area contributed by atoms with Crippen molar-refractivity contribution in [3.8, 4) is 11.5 Å². The predicted octanol–water partition coefficient (Wildman–Crippen LogP) is 6.61. The van der Waals surface area contributed by atoms with Crippen molar-refractivity contribution >= 4 is 17.7 Å². The molecule has 1 heterocycles. The van der Waals surface area contributed by atoms with Gasteiger partial charge >= 0.3 is 6.09 Å². The molecule has 0 N–H and O–H groups in total. The molecule has 0 saturated carbocycles. The van der Waals surface area contributed by atoms with E-state index in [-0.39, 0.29) is 23.4 Å². The van der Waals surface area contributed by atoms with E-state index in [9.17, 15) is 14.4 Å². The van der Waals surface area contributed by atoms with Crippen LogP contribution in [-0.4, -0.2) is 41.3 Å². The van der Waals surface area contributed by atoms with Crippen LogP contribution in [0.2, 0.25) is 0 Å². The van der Waals surface area contributed by atoms with Gasteiger partial charge in [0.2, 0.25) is 0 Å². The first-order chi connectivity index (χ1) is 18.5. The molecule has 1 amide bonds. The van der Waals surface area contributed by atoms with Gasteiger partial charge in [-0.2, -0.15) is 0 Å². The number of para-hydroxylation sites is 1. The van der Waals surface area contributed by atoms with E-state index < -0.39 is 11.7 Å². The van der Waals surface area contributed by atoms with E-state index in [0.717, 1.165) is 35.3 Å². The summed E-state index contributed by atoms with van der Waals surface area (Å²) < 4.78 is 11.7. The van der Waals surface area contributed by atoms with Gasteiger partial charge in [0.25, 0.3) is 0 Å². The molecule has 0 aliphatic carbocycles. The Kier molecular flexibility index (Phi) is 8.54. The predicted molar refractivity (Wildman–Crippen MR) is 151 cm³/mol. The molecule has 204 valence electrons. The molecule has 39 heavy (non-hydrogen) atoms.